The van der Waals surface area contributed by atoms with Gasteiger partial charge in [-0.15, -0.1) is 11.3 Å². The molecule has 4 aromatic rings. The van der Waals surface area contributed by atoms with Crippen molar-refractivity contribution in [3.05, 3.63) is 87.4 Å². The van der Waals surface area contributed by atoms with Crippen molar-refractivity contribution in [1.82, 2.24) is 10.3 Å². The third-order valence-corrected chi connectivity index (χ3v) is 5.98. The Balaban J connectivity index is 1.41. The number of thiazole rings is 1. The minimum atomic E-state index is -1.31. The van der Waals surface area contributed by atoms with Gasteiger partial charge in [-0.25, -0.2) is 18.6 Å². The highest BCUT2D eigenvalue weighted by molar-refractivity contribution is 7.18. The Labute approximate surface area is 207 Å². The van der Waals surface area contributed by atoms with Crippen LogP contribution < -0.4 is 14.8 Å². The molecule has 0 radical (unpaired) electrons. The first-order chi connectivity index (χ1) is 16.8. The molecule has 0 spiro atoms. The quantitative estimate of drug-likeness (QED) is 0.329. The standard InChI is InChI=1S/C24H17ClF2N2O5S/c1-32-15-4-2-3-13(9-15)11-34-24(31)29-23(30)21-16(26)6-8-18(22(21)27)33-12-20-28-17-7-5-14(25)10-19(17)35-20/h2-10H,11-12H2,1H3,(H,29,30,31). The molecule has 11 heteroatoms. The normalized spacial score (nSPS) is 10.7. The minimum absolute atomic E-state index is 0.122. The SMILES string of the molecule is COc1cccc(COC(=O)NC(=O)c2c(F)ccc(OCc3nc4ccc(Cl)cc4s3)c2F)c1. The second-order valence-electron chi connectivity index (χ2n) is 7.12. The molecule has 0 aliphatic carbocycles. The molecule has 1 heterocycles. The second kappa shape index (κ2) is 10.7. The van der Waals surface area contributed by atoms with Gasteiger partial charge < -0.3 is 14.2 Å². The zero-order valence-electron chi connectivity index (χ0n) is 18.1. The fourth-order valence-corrected chi connectivity index (χ4v) is 4.26. The molecule has 1 N–H and O–H groups in total. The molecule has 35 heavy (non-hydrogen) atoms. The Hall–Kier alpha value is -3.76. The highest BCUT2D eigenvalue weighted by Crippen LogP contribution is 2.28. The van der Waals surface area contributed by atoms with Crippen molar-refractivity contribution in [1.29, 1.82) is 0 Å². The number of alkyl carbamates (subject to hydrolysis) is 1. The van der Waals surface area contributed by atoms with E-state index < -0.39 is 29.2 Å². The lowest BCUT2D eigenvalue weighted by molar-refractivity contribution is 0.0903. The van der Waals surface area contributed by atoms with Crippen LogP contribution >= 0.6 is 22.9 Å². The molecule has 0 atom stereocenters. The van der Waals surface area contributed by atoms with Crippen LogP contribution in [0.5, 0.6) is 11.5 Å². The molecule has 0 aliphatic rings. The van der Waals surface area contributed by atoms with Crippen LogP contribution in [-0.4, -0.2) is 24.1 Å². The van der Waals surface area contributed by atoms with Crippen LogP contribution in [0.15, 0.2) is 54.6 Å². The number of nitrogens with one attached hydrogen (secondary N) is 1. The van der Waals surface area contributed by atoms with Gasteiger partial charge in [-0.1, -0.05) is 23.7 Å². The molecule has 2 amide bonds. The monoisotopic (exact) mass is 518 g/mol. The lowest BCUT2D eigenvalue weighted by Gasteiger charge is -2.11. The van der Waals surface area contributed by atoms with Gasteiger partial charge in [0.2, 0.25) is 0 Å². The maximum Gasteiger partial charge on any atom is 0.414 e. The molecule has 3 aromatic carbocycles. The number of benzene rings is 3. The largest absolute Gasteiger partial charge is 0.497 e. The first-order valence-electron chi connectivity index (χ1n) is 10.1. The first-order valence-corrected chi connectivity index (χ1v) is 11.3. The van der Waals surface area contributed by atoms with Gasteiger partial charge in [-0.05, 0) is 48.0 Å². The lowest BCUT2D eigenvalue weighted by atomic mass is 10.1. The molecule has 0 fully saturated rings. The summed E-state index contributed by atoms with van der Waals surface area (Å²) < 4.78 is 45.4. The van der Waals surface area contributed by atoms with Crippen molar-refractivity contribution in [3.63, 3.8) is 0 Å². The minimum Gasteiger partial charge on any atom is -0.497 e. The maximum absolute atomic E-state index is 14.9. The number of methoxy groups -OCH3 is 1. The van der Waals surface area contributed by atoms with E-state index in [1.54, 1.807) is 42.5 Å². The van der Waals surface area contributed by atoms with Crippen molar-refractivity contribution >= 4 is 45.2 Å². The number of hydrogen-bond donors (Lipinski definition) is 1. The van der Waals surface area contributed by atoms with Gasteiger partial charge in [-0.3, -0.25) is 10.1 Å². The summed E-state index contributed by atoms with van der Waals surface area (Å²) in [6.07, 6.45) is -1.17. The number of ether oxygens (including phenoxy) is 3. The number of imide groups is 1. The molecular weight excluding hydrogens is 502 g/mol. The number of hydrogen-bond acceptors (Lipinski definition) is 7. The van der Waals surface area contributed by atoms with Gasteiger partial charge in [0.15, 0.2) is 11.6 Å². The third kappa shape index (κ3) is 5.84. The number of amides is 2. The molecule has 0 saturated carbocycles. The predicted octanol–water partition coefficient (Wildman–Crippen LogP) is 5.88. The summed E-state index contributed by atoms with van der Waals surface area (Å²) in [7, 11) is 1.49. The summed E-state index contributed by atoms with van der Waals surface area (Å²) >= 11 is 7.27. The van der Waals surface area contributed by atoms with Gasteiger partial charge in [0, 0.05) is 5.02 Å². The van der Waals surface area contributed by atoms with Gasteiger partial charge >= 0.3 is 6.09 Å². The van der Waals surface area contributed by atoms with Crippen molar-refractivity contribution in [2.75, 3.05) is 7.11 Å². The molecule has 0 bridgehead atoms. The maximum atomic E-state index is 14.9. The number of nitrogens with zero attached hydrogens (tertiary/aromatic N) is 1. The van der Waals surface area contributed by atoms with Gasteiger partial charge in [0.05, 0.1) is 17.3 Å². The van der Waals surface area contributed by atoms with E-state index in [1.807, 2.05) is 5.32 Å². The van der Waals surface area contributed by atoms with Crippen LogP contribution in [-0.2, 0) is 18.0 Å². The van der Waals surface area contributed by atoms with E-state index in [4.69, 9.17) is 25.8 Å². The molecule has 7 nitrogen and oxygen atoms in total. The van der Waals surface area contributed by atoms with Crippen LogP contribution in [0.4, 0.5) is 13.6 Å². The molecule has 0 saturated heterocycles. The summed E-state index contributed by atoms with van der Waals surface area (Å²) in [6, 6.07) is 13.8. The van der Waals surface area contributed by atoms with Crippen LogP contribution in [0.3, 0.4) is 0 Å². The summed E-state index contributed by atoms with van der Waals surface area (Å²) in [4.78, 5) is 28.8. The summed E-state index contributed by atoms with van der Waals surface area (Å²) in [5, 5.41) is 2.89. The highest BCUT2D eigenvalue weighted by Gasteiger charge is 2.24. The van der Waals surface area contributed by atoms with Crippen LogP contribution in [0.1, 0.15) is 20.9 Å². The number of carbonyl (C=O) groups is 2. The van der Waals surface area contributed by atoms with Crippen molar-refractivity contribution in [3.8, 4) is 11.5 Å². The van der Waals surface area contributed by atoms with Crippen LogP contribution in [0.2, 0.25) is 5.02 Å². The summed E-state index contributed by atoms with van der Waals surface area (Å²) in [6.45, 7) is -0.305. The Morgan fingerprint density at radius 3 is 2.71 bits per heavy atom. The number of rotatable bonds is 7. The molecule has 0 aliphatic heterocycles. The summed E-state index contributed by atoms with van der Waals surface area (Å²) in [5.41, 5.74) is 0.318. The average Bonchev–Trinajstić information content (AvgIpc) is 3.24. The van der Waals surface area contributed by atoms with E-state index in [-0.39, 0.29) is 19.0 Å². The fourth-order valence-electron chi connectivity index (χ4n) is 3.10. The first kappa shape index (κ1) is 24.4. The lowest BCUT2D eigenvalue weighted by Crippen LogP contribution is -2.32. The molecule has 4 rings (SSSR count). The van der Waals surface area contributed by atoms with Crippen LogP contribution in [0, 0.1) is 11.6 Å². The van der Waals surface area contributed by atoms with E-state index in [0.29, 0.717) is 26.9 Å². The number of carbonyl (C=O) groups excluding carboxylic acids is 2. The zero-order valence-corrected chi connectivity index (χ0v) is 19.7. The van der Waals surface area contributed by atoms with Gasteiger partial charge in [0.25, 0.3) is 5.91 Å². The van der Waals surface area contributed by atoms with Crippen LogP contribution in [0.25, 0.3) is 10.2 Å². The smallest absolute Gasteiger partial charge is 0.414 e. The Kier molecular flexibility index (Phi) is 7.42. The number of aromatic nitrogens is 1. The topological polar surface area (TPSA) is 86.8 Å². The van der Waals surface area contributed by atoms with E-state index in [2.05, 4.69) is 4.98 Å². The van der Waals surface area contributed by atoms with Gasteiger partial charge in [0.1, 0.15) is 35.4 Å². The highest BCUT2D eigenvalue weighted by atomic mass is 35.5. The third-order valence-electron chi connectivity index (χ3n) is 4.75. The summed E-state index contributed by atoms with van der Waals surface area (Å²) in [5.74, 6) is -3.55. The Morgan fingerprint density at radius 2 is 1.91 bits per heavy atom. The predicted molar refractivity (Wildman–Crippen MR) is 126 cm³/mol. The number of fused-ring (bicyclic) bond motifs is 1. The molecule has 0 unspecified atom stereocenters. The molecule has 1 aromatic heterocycles. The van der Waals surface area contributed by atoms with E-state index >= 15 is 0 Å². The van der Waals surface area contributed by atoms with Crippen molar-refractivity contribution in [2.24, 2.45) is 0 Å². The van der Waals surface area contributed by atoms with Gasteiger partial charge in [-0.2, -0.15) is 0 Å². The molecule has 180 valence electrons. The van der Waals surface area contributed by atoms with E-state index in [1.165, 1.54) is 18.4 Å². The average molecular weight is 519 g/mol. The molecular formula is C24H17ClF2N2O5S. The second-order valence-corrected chi connectivity index (χ2v) is 8.68. The van der Waals surface area contributed by atoms with Crippen molar-refractivity contribution in [2.45, 2.75) is 13.2 Å². The Bertz CT molecular complexity index is 1410. The fraction of sp³-hybridized carbons (Fsp3) is 0.125. The Morgan fingerprint density at radius 1 is 1.09 bits per heavy atom. The zero-order chi connectivity index (χ0) is 24.9. The van der Waals surface area contributed by atoms with E-state index in [0.717, 1.165) is 16.8 Å². The van der Waals surface area contributed by atoms with Crippen molar-refractivity contribution < 1.29 is 32.6 Å². The number of halogens is 3. The van der Waals surface area contributed by atoms with E-state index in [9.17, 15) is 18.4 Å².